The second-order valence-corrected chi connectivity index (χ2v) is 7.36. The van der Waals surface area contributed by atoms with Crippen molar-refractivity contribution in [2.24, 2.45) is 11.8 Å². The molecule has 3 rings (SSSR count). The first-order valence-electron chi connectivity index (χ1n) is 8.52. The number of anilines is 2. The Labute approximate surface area is 147 Å². The van der Waals surface area contributed by atoms with Crippen LogP contribution in [0.1, 0.15) is 25.7 Å². The molecule has 1 saturated carbocycles. The first-order valence-corrected chi connectivity index (χ1v) is 8.90. The van der Waals surface area contributed by atoms with Gasteiger partial charge in [0.2, 0.25) is 11.8 Å². The minimum Gasteiger partial charge on any atom is -0.376 e. The Morgan fingerprint density at radius 2 is 1.79 bits per heavy atom. The van der Waals surface area contributed by atoms with E-state index in [-0.39, 0.29) is 23.7 Å². The van der Waals surface area contributed by atoms with Gasteiger partial charge in [-0.1, -0.05) is 11.6 Å². The van der Waals surface area contributed by atoms with Crippen molar-refractivity contribution in [1.82, 2.24) is 4.90 Å². The lowest BCUT2D eigenvalue weighted by molar-refractivity contribution is -0.135. The maximum Gasteiger partial charge on any atom is 0.227 e. The summed E-state index contributed by atoms with van der Waals surface area (Å²) >= 11 is 6.07. The van der Waals surface area contributed by atoms with Gasteiger partial charge in [-0.05, 0) is 43.9 Å². The van der Waals surface area contributed by atoms with E-state index in [9.17, 15) is 9.59 Å². The Kier molecular flexibility index (Phi) is 4.99. The van der Waals surface area contributed by atoms with Crippen LogP contribution in [0.2, 0.25) is 5.02 Å². The number of carbonyl (C=O) groups excluding carboxylic acids is 2. The maximum absolute atomic E-state index is 12.6. The van der Waals surface area contributed by atoms with E-state index in [1.54, 1.807) is 6.07 Å². The molecule has 1 aromatic carbocycles. The fourth-order valence-corrected chi connectivity index (χ4v) is 3.36. The fraction of sp³-hybridized carbons (Fsp3) is 0.556. The zero-order chi connectivity index (χ0) is 17.3. The van der Waals surface area contributed by atoms with Crippen molar-refractivity contribution in [3.05, 3.63) is 23.2 Å². The highest BCUT2D eigenvalue weighted by molar-refractivity contribution is 6.31. The number of hydrogen-bond acceptors (Lipinski definition) is 3. The quantitative estimate of drug-likeness (QED) is 0.909. The molecular weight excluding hydrogens is 326 g/mol. The molecular formula is C18H24ClN3O2. The van der Waals surface area contributed by atoms with Crippen molar-refractivity contribution in [1.29, 1.82) is 0 Å². The normalized spacial score (nSPS) is 18.4. The van der Waals surface area contributed by atoms with Gasteiger partial charge in [0.15, 0.2) is 0 Å². The summed E-state index contributed by atoms with van der Waals surface area (Å²) < 4.78 is 0. The van der Waals surface area contributed by atoms with Crippen LogP contribution in [0.3, 0.4) is 0 Å². The number of hydrogen-bond donors (Lipinski definition) is 1. The number of carbonyl (C=O) groups is 2. The molecule has 6 heteroatoms. The molecule has 0 atom stereocenters. The minimum atomic E-state index is -0.0535. The Hall–Kier alpha value is -1.75. The number of piperidine rings is 1. The van der Waals surface area contributed by atoms with Gasteiger partial charge in [-0.2, -0.15) is 0 Å². The lowest BCUT2D eigenvalue weighted by Crippen LogP contribution is -2.42. The molecule has 0 spiro atoms. The smallest absolute Gasteiger partial charge is 0.227 e. The monoisotopic (exact) mass is 349 g/mol. The van der Waals surface area contributed by atoms with Gasteiger partial charge in [0.1, 0.15) is 0 Å². The van der Waals surface area contributed by atoms with E-state index in [4.69, 9.17) is 11.6 Å². The van der Waals surface area contributed by atoms with Gasteiger partial charge in [0, 0.05) is 44.0 Å². The topological polar surface area (TPSA) is 52.7 Å². The van der Waals surface area contributed by atoms with Crippen LogP contribution < -0.4 is 10.2 Å². The standard InChI is InChI=1S/C18H24ClN3O2/c1-21(2)16-6-5-14(19)11-15(16)20-17(23)12-7-9-22(10-8-12)18(24)13-3-4-13/h5-6,11-13H,3-4,7-10H2,1-2H3,(H,20,23). The van der Waals surface area contributed by atoms with E-state index in [1.807, 2.05) is 36.0 Å². The SMILES string of the molecule is CN(C)c1ccc(Cl)cc1NC(=O)C1CCN(C(=O)C2CC2)CC1. The van der Waals surface area contributed by atoms with Crippen LogP contribution in [0, 0.1) is 11.8 Å². The molecule has 1 aliphatic heterocycles. The first kappa shape index (κ1) is 17.1. The number of nitrogens with one attached hydrogen (secondary N) is 1. The van der Waals surface area contributed by atoms with Crippen molar-refractivity contribution < 1.29 is 9.59 Å². The highest BCUT2D eigenvalue weighted by atomic mass is 35.5. The minimum absolute atomic E-state index is 0.0129. The lowest BCUT2D eigenvalue weighted by atomic mass is 9.95. The summed E-state index contributed by atoms with van der Waals surface area (Å²) in [7, 11) is 3.86. The second-order valence-electron chi connectivity index (χ2n) is 6.92. The number of nitrogens with zero attached hydrogens (tertiary/aromatic N) is 2. The van der Waals surface area contributed by atoms with Crippen LogP contribution in [0.4, 0.5) is 11.4 Å². The van der Waals surface area contributed by atoms with Gasteiger partial charge in [-0.15, -0.1) is 0 Å². The van der Waals surface area contributed by atoms with E-state index in [2.05, 4.69) is 5.32 Å². The molecule has 5 nitrogen and oxygen atoms in total. The molecule has 130 valence electrons. The molecule has 1 heterocycles. The Morgan fingerprint density at radius 1 is 1.12 bits per heavy atom. The average molecular weight is 350 g/mol. The molecule has 0 unspecified atom stereocenters. The molecule has 0 bridgehead atoms. The van der Waals surface area contributed by atoms with Gasteiger partial charge in [-0.3, -0.25) is 9.59 Å². The van der Waals surface area contributed by atoms with Gasteiger partial charge in [0.05, 0.1) is 11.4 Å². The van der Waals surface area contributed by atoms with Crippen molar-refractivity contribution in [2.45, 2.75) is 25.7 Å². The van der Waals surface area contributed by atoms with E-state index in [0.29, 0.717) is 18.1 Å². The summed E-state index contributed by atoms with van der Waals surface area (Å²) in [4.78, 5) is 28.6. The lowest BCUT2D eigenvalue weighted by Gasteiger charge is -2.31. The van der Waals surface area contributed by atoms with E-state index < -0.39 is 0 Å². The molecule has 2 aliphatic rings. The highest BCUT2D eigenvalue weighted by Gasteiger charge is 2.36. The summed E-state index contributed by atoms with van der Waals surface area (Å²) in [5.41, 5.74) is 1.66. The third kappa shape index (κ3) is 3.83. The number of likely N-dealkylation sites (tertiary alicyclic amines) is 1. The van der Waals surface area contributed by atoms with Gasteiger partial charge < -0.3 is 15.1 Å². The predicted octanol–water partition coefficient (Wildman–Crippen LogP) is 2.99. The summed E-state index contributed by atoms with van der Waals surface area (Å²) in [5, 5.41) is 3.61. The molecule has 2 fully saturated rings. The average Bonchev–Trinajstić information content (AvgIpc) is 3.39. The third-order valence-electron chi connectivity index (χ3n) is 4.80. The summed E-state index contributed by atoms with van der Waals surface area (Å²) in [6.45, 7) is 1.37. The molecule has 0 radical (unpaired) electrons. The second kappa shape index (κ2) is 7.01. The van der Waals surface area contributed by atoms with Gasteiger partial charge in [0.25, 0.3) is 0 Å². The summed E-state index contributed by atoms with van der Waals surface area (Å²) in [6, 6.07) is 5.49. The van der Waals surface area contributed by atoms with Crippen LogP contribution in [0.25, 0.3) is 0 Å². The van der Waals surface area contributed by atoms with Crippen molar-refractivity contribution in [3.8, 4) is 0 Å². The number of halogens is 1. The maximum atomic E-state index is 12.6. The first-order chi connectivity index (χ1) is 11.5. The largest absolute Gasteiger partial charge is 0.376 e. The van der Waals surface area contributed by atoms with Gasteiger partial charge in [-0.25, -0.2) is 0 Å². The van der Waals surface area contributed by atoms with E-state index in [0.717, 1.165) is 37.1 Å². The van der Waals surface area contributed by atoms with E-state index in [1.165, 1.54) is 0 Å². The fourth-order valence-electron chi connectivity index (χ4n) is 3.18. The summed E-state index contributed by atoms with van der Waals surface area (Å²) in [6.07, 6.45) is 3.51. The zero-order valence-electron chi connectivity index (χ0n) is 14.2. The molecule has 1 aliphatic carbocycles. The van der Waals surface area contributed by atoms with Crippen LogP contribution in [-0.4, -0.2) is 43.9 Å². The Morgan fingerprint density at radius 3 is 2.38 bits per heavy atom. The predicted molar refractivity (Wildman–Crippen MR) is 96.4 cm³/mol. The van der Waals surface area contributed by atoms with E-state index >= 15 is 0 Å². The number of rotatable bonds is 4. The highest BCUT2D eigenvalue weighted by Crippen LogP contribution is 2.33. The number of amides is 2. The van der Waals surface area contributed by atoms with Crippen LogP contribution >= 0.6 is 11.6 Å². The van der Waals surface area contributed by atoms with Crippen molar-refractivity contribution in [3.63, 3.8) is 0 Å². The van der Waals surface area contributed by atoms with Crippen LogP contribution in [0.15, 0.2) is 18.2 Å². The Bertz CT molecular complexity index is 635. The zero-order valence-corrected chi connectivity index (χ0v) is 15.0. The van der Waals surface area contributed by atoms with Gasteiger partial charge >= 0.3 is 0 Å². The molecule has 24 heavy (non-hydrogen) atoms. The molecule has 2 amide bonds. The molecule has 0 aromatic heterocycles. The van der Waals surface area contributed by atoms with Crippen molar-refractivity contribution >= 4 is 34.8 Å². The molecule has 1 N–H and O–H groups in total. The van der Waals surface area contributed by atoms with Crippen LogP contribution in [-0.2, 0) is 9.59 Å². The third-order valence-corrected chi connectivity index (χ3v) is 5.04. The Balaban J connectivity index is 1.60. The summed E-state index contributed by atoms with van der Waals surface area (Å²) in [5.74, 6) is 0.490. The van der Waals surface area contributed by atoms with Crippen molar-refractivity contribution in [2.75, 3.05) is 37.4 Å². The molecule has 1 saturated heterocycles. The van der Waals surface area contributed by atoms with Crippen LogP contribution in [0.5, 0.6) is 0 Å². The molecule has 1 aromatic rings. The number of benzene rings is 1.